The van der Waals surface area contributed by atoms with Gasteiger partial charge in [-0.25, -0.2) is 0 Å². The summed E-state index contributed by atoms with van der Waals surface area (Å²) in [5, 5.41) is 2.95. The molecule has 1 heterocycles. The van der Waals surface area contributed by atoms with Crippen LogP contribution in [0.2, 0.25) is 0 Å². The second-order valence-electron chi connectivity index (χ2n) is 5.62. The third kappa shape index (κ3) is 3.59. The molecule has 120 valence electrons. The highest BCUT2D eigenvalue weighted by Crippen LogP contribution is 2.33. The molecule has 0 spiro atoms. The van der Waals surface area contributed by atoms with E-state index in [0.29, 0.717) is 18.9 Å². The van der Waals surface area contributed by atoms with Gasteiger partial charge in [0.15, 0.2) is 0 Å². The zero-order chi connectivity index (χ0) is 16.1. The molecule has 1 aromatic carbocycles. The third-order valence-corrected chi connectivity index (χ3v) is 3.95. The van der Waals surface area contributed by atoms with Gasteiger partial charge in [0.2, 0.25) is 11.8 Å². The number of carbonyl (C=O) groups is 2. The van der Waals surface area contributed by atoms with Gasteiger partial charge in [-0.1, -0.05) is 19.1 Å². The van der Waals surface area contributed by atoms with Crippen molar-refractivity contribution in [2.75, 3.05) is 18.1 Å². The van der Waals surface area contributed by atoms with Crippen LogP contribution in [-0.2, 0) is 9.59 Å². The van der Waals surface area contributed by atoms with Crippen molar-refractivity contribution in [3.63, 3.8) is 0 Å². The SMILES string of the molecule is CCOc1ccccc1N1CC(C(=O)NC(C)CC)CC1=O. The maximum Gasteiger partial charge on any atom is 0.227 e. The van der Waals surface area contributed by atoms with Crippen molar-refractivity contribution in [1.82, 2.24) is 5.32 Å². The number of benzene rings is 1. The molecule has 5 nitrogen and oxygen atoms in total. The highest BCUT2D eigenvalue weighted by Gasteiger charge is 2.36. The van der Waals surface area contributed by atoms with Crippen LogP contribution in [0.5, 0.6) is 5.75 Å². The summed E-state index contributed by atoms with van der Waals surface area (Å²) < 4.78 is 5.58. The Morgan fingerprint density at radius 2 is 2.14 bits per heavy atom. The molecule has 0 radical (unpaired) electrons. The average Bonchev–Trinajstić information content (AvgIpc) is 2.90. The van der Waals surface area contributed by atoms with Crippen molar-refractivity contribution in [2.45, 2.75) is 39.7 Å². The van der Waals surface area contributed by atoms with Gasteiger partial charge in [0.25, 0.3) is 0 Å². The Labute approximate surface area is 131 Å². The molecule has 2 atom stereocenters. The molecule has 0 aliphatic carbocycles. The van der Waals surface area contributed by atoms with Gasteiger partial charge in [0, 0.05) is 19.0 Å². The number of nitrogens with zero attached hydrogens (tertiary/aromatic N) is 1. The van der Waals surface area contributed by atoms with E-state index in [0.717, 1.165) is 12.1 Å². The first-order chi connectivity index (χ1) is 10.6. The molecule has 22 heavy (non-hydrogen) atoms. The van der Waals surface area contributed by atoms with Crippen LogP contribution in [0.4, 0.5) is 5.69 Å². The van der Waals surface area contributed by atoms with Gasteiger partial charge in [-0.3, -0.25) is 9.59 Å². The Morgan fingerprint density at radius 1 is 1.41 bits per heavy atom. The molecule has 1 aromatic rings. The first-order valence-corrected chi connectivity index (χ1v) is 7.89. The predicted molar refractivity (Wildman–Crippen MR) is 86.0 cm³/mol. The van der Waals surface area contributed by atoms with Gasteiger partial charge in [0.1, 0.15) is 5.75 Å². The molecule has 0 aromatic heterocycles. The number of hydrogen-bond donors (Lipinski definition) is 1. The van der Waals surface area contributed by atoms with Gasteiger partial charge in [0.05, 0.1) is 18.2 Å². The predicted octanol–water partition coefficient (Wildman–Crippen LogP) is 2.35. The maximum atomic E-state index is 12.3. The number of para-hydroxylation sites is 2. The first-order valence-electron chi connectivity index (χ1n) is 7.89. The van der Waals surface area contributed by atoms with Crippen LogP contribution in [0.1, 0.15) is 33.6 Å². The number of anilines is 1. The Morgan fingerprint density at radius 3 is 2.82 bits per heavy atom. The molecule has 1 fully saturated rings. The van der Waals surface area contributed by atoms with Crippen LogP contribution in [0.25, 0.3) is 0 Å². The quantitative estimate of drug-likeness (QED) is 0.877. The molecular weight excluding hydrogens is 280 g/mol. The van der Waals surface area contributed by atoms with Gasteiger partial charge in [-0.2, -0.15) is 0 Å². The molecule has 5 heteroatoms. The molecule has 1 aliphatic rings. The molecule has 1 saturated heterocycles. The summed E-state index contributed by atoms with van der Waals surface area (Å²) in [4.78, 5) is 26.2. The lowest BCUT2D eigenvalue weighted by molar-refractivity contribution is -0.126. The highest BCUT2D eigenvalue weighted by atomic mass is 16.5. The molecule has 0 saturated carbocycles. The number of ether oxygens (including phenoxy) is 1. The van der Waals surface area contributed by atoms with Crippen LogP contribution < -0.4 is 15.0 Å². The summed E-state index contributed by atoms with van der Waals surface area (Å²) in [5.74, 6) is 0.313. The fraction of sp³-hybridized carbons (Fsp3) is 0.529. The maximum absolute atomic E-state index is 12.3. The zero-order valence-corrected chi connectivity index (χ0v) is 13.5. The van der Waals surface area contributed by atoms with Crippen LogP contribution in [0.3, 0.4) is 0 Å². The van der Waals surface area contributed by atoms with Crippen LogP contribution in [0, 0.1) is 5.92 Å². The summed E-state index contributed by atoms with van der Waals surface area (Å²) >= 11 is 0. The Bertz CT molecular complexity index is 544. The molecular formula is C17H24N2O3. The monoisotopic (exact) mass is 304 g/mol. The number of hydrogen-bond acceptors (Lipinski definition) is 3. The van der Waals surface area contributed by atoms with Crippen LogP contribution in [0.15, 0.2) is 24.3 Å². The lowest BCUT2D eigenvalue weighted by Gasteiger charge is -2.20. The number of rotatable bonds is 6. The third-order valence-electron chi connectivity index (χ3n) is 3.95. The largest absolute Gasteiger partial charge is 0.492 e. The lowest BCUT2D eigenvalue weighted by Crippen LogP contribution is -2.38. The van der Waals surface area contributed by atoms with Crippen molar-refractivity contribution in [2.24, 2.45) is 5.92 Å². The smallest absolute Gasteiger partial charge is 0.227 e. The summed E-state index contributed by atoms with van der Waals surface area (Å²) in [7, 11) is 0. The van der Waals surface area contributed by atoms with Crippen molar-refractivity contribution in [1.29, 1.82) is 0 Å². The van der Waals surface area contributed by atoms with E-state index in [4.69, 9.17) is 4.74 Å². The second kappa shape index (κ2) is 7.29. The Balaban J connectivity index is 2.11. The van der Waals surface area contributed by atoms with E-state index >= 15 is 0 Å². The Hall–Kier alpha value is -2.04. The number of nitrogens with one attached hydrogen (secondary N) is 1. The van der Waals surface area contributed by atoms with E-state index in [9.17, 15) is 9.59 Å². The van der Waals surface area contributed by atoms with Crippen LogP contribution >= 0.6 is 0 Å². The van der Waals surface area contributed by atoms with Crippen molar-refractivity contribution in [3.05, 3.63) is 24.3 Å². The Kier molecular flexibility index (Phi) is 5.41. The minimum Gasteiger partial charge on any atom is -0.492 e. The van der Waals surface area contributed by atoms with Crippen molar-refractivity contribution < 1.29 is 14.3 Å². The van der Waals surface area contributed by atoms with E-state index in [2.05, 4.69) is 5.32 Å². The summed E-state index contributed by atoms with van der Waals surface area (Å²) in [6.45, 7) is 6.85. The minimum atomic E-state index is -0.295. The van der Waals surface area contributed by atoms with Gasteiger partial charge < -0.3 is 15.0 Å². The summed E-state index contributed by atoms with van der Waals surface area (Å²) in [6, 6.07) is 7.59. The van der Waals surface area contributed by atoms with Gasteiger partial charge >= 0.3 is 0 Å². The average molecular weight is 304 g/mol. The number of carbonyl (C=O) groups excluding carboxylic acids is 2. The van der Waals surface area contributed by atoms with E-state index in [-0.39, 0.29) is 30.2 Å². The fourth-order valence-corrected chi connectivity index (χ4v) is 2.54. The van der Waals surface area contributed by atoms with Gasteiger partial charge in [-0.15, -0.1) is 0 Å². The molecule has 2 unspecified atom stereocenters. The molecule has 1 aliphatic heterocycles. The number of amides is 2. The molecule has 2 rings (SSSR count). The lowest BCUT2D eigenvalue weighted by atomic mass is 10.1. The summed E-state index contributed by atoms with van der Waals surface area (Å²) in [6.07, 6.45) is 1.13. The van der Waals surface area contributed by atoms with E-state index in [1.54, 1.807) is 4.90 Å². The molecule has 1 N–H and O–H groups in total. The zero-order valence-electron chi connectivity index (χ0n) is 13.5. The molecule has 2 amide bonds. The summed E-state index contributed by atoms with van der Waals surface area (Å²) in [5.41, 5.74) is 0.744. The van der Waals surface area contributed by atoms with Crippen molar-refractivity contribution in [3.8, 4) is 5.75 Å². The van der Waals surface area contributed by atoms with E-state index < -0.39 is 0 Å². The van der Waals surface area contributed by atoms with E-state index in [1.165, 1.54) is 0 Å². The van der Waals surface area contributed by atoms with Gasteiger partial charge in [-0.05, 0) is 32.4 Å². The van der Waals surface area contributed by atoms with E-state index in [1.807, 2.05) is 45.0 Å². The topological polar surface area (TPSA) is 58.6 Å². The molecule has 0 bridgehead atoms. The standard InChI is InChI=1S/C17H24N2O3/c1-4-12(3)18-17(21)13-10-16(20)19(11-13)14-8-6-7-9-15(14)22-5-2/h6-9,12-13H,4-5,10-11H2,1-3H3,(H,18,21). The highest BCUT2D eigenvalue weighted by molar-refractivity contribution is 6.01. The fourth-order valence-electron chi connectivity index (χ4n) is 2.54. The first kappa shape index (κ1) is 16.3. The van der Waals surface area contributed by atoms with Crippen LogP contribution in [-0.4, -0.2) is 31.0 Å². The second-order valence-corrected chi connectivity index (χ2v) is 5.62. The van der Waals surface area contributed by atoms with Crippen molar-refractivity contribution >= 4 is 17.5 Å². The normalized spacial score (nSPS) is 19.1. The minimum absolute atomic E-state index is 0.0311.